The maximum absolute atomic E-state index is 12.3. The zero-order chi connectivity index (χ0) is 14.2. The summed E-state index contributed by atoms with van der Waals surface area (Å²) in [7, 11) is 0. The molecule has 5 heteroatoms. The minimum atomic E-state index is -0.352. The first-order valence-corrected chi connectivity index (χ1v) is 6.81. The van der Waals surface area contributed by atoms with Crippen LogP contribution in [0, 0.1) is 5.92 Å². The van der Waals surface area contributed by atoms with Crippen LogP contribution < -0.4 is 0 Å². The van der Waals surface area contributed by atoms with Crippen molar-refractivity contribution in [1.82, 2.24) is 14.7 Å². The Labute approximate surface area is 114 Å². The SMILES string of the molecule is CC(O)C1CCN(C(=O)c2cnn(C(C)(C)C)c2)C1. The van der Waals surface area contributed by atoms with Crippen molar-refractivity contribution < 1.29 is 9.90 Å². The Morgan fingerprint density at radius 2 is 2.21 bits per heavy atom. The number of aliphatic hydroxyl groups excluding tert-OH is 1. The normalized spacial score (nSPS) is 21.7. The molecular weight excluding hydrogens is 242 g/mol. The highest BCUT2D eigenvalue weighted by molar-refractivity contribution is 5.93. The number of aromatic nitrogens is 2. The average molecular weight is 265 g/mol. The highest BCUT2D eigenvalue weighted by atomic mass is 16.3. The summed E-state index contributed by atoms with van der Waals surface area (Å²) in [5.74, 6) is 0.209. The Kier molecular flexibility index (Phi) is 3.67. The summed E-state index contributed by atoms with van der Waals surface area (Å²) in [6.07, 6.45) is 3.95. The van der Waals surface area contributed by atoms with Gasteiger partial charge in [0.15, 0.2) is 0 Å². The van der Waals surface area contributed by atoms with E-state index >= 15 is 0 Å². The van der Waals surface area contributed by atoms with Gasteiger partial charge in [-0.1, -0.05) is 0 Å². The van der Waals surface area contributed by atoms with Gasteiger partial charge in [0.05, 0.1) is 23.4 Å². The number of aliphatic hydroxyl groups is 1. The molecule has 1 amide bonds. The van der Waals surface area contributed by atoms with Crippen LogP contribution in [-0.2, 0) is 5.54 Å². The second-order valence-electron chi connectivity index (χ2n) is 6.38. The predicted octanol–water partition coefficient (Wildman–Crippen LogP) is 1.48. The third kappa shape index (κ3) is 2.97. The molecule has 1 aromatic heterocycles. The molecule has 2 atom stereocenters. The first-order chi connectivity index (χ1) is 8.79. The fraction of sp³-hybridized carbons (Fsp3) is 0.714. The van der Waals surface area contributed by atoms with E-state index < -0.39 is 0 Å². The van der Waals surface area contributed by atoms with Crippen LogP contribution in [0.3, 0.4) is 0 Å². The van der Waals surface area contributed by atoms with E-state index in [9.17, 15) is 9.90 Å². The van der Waals surface area contributed by atoms with Crippen LogP contribution in [0.5, 0.6) is 0 Å². The molecule has 1 aromatic rings. The minimum Gasteiger partial charge on any atom is -0.393 e. The van der Waals surface area contributed by atoms with Crippen molar-refractivity contribution in [3.8, 4) is 0 Å². The molecule has 0 radical (unpaired) electrons. The molecule has 1 aliphatic rings. The molecule has 19 heavy (non-hydrogen) atoms. The fourth-order valence-electron chi connectivity index (χ4n) is 2.35. The predicted molar refractivity (Wildman–Crippen MR) is 72.9 cm³/mol. The molecule has 0 bridgehead atoms. The van der Waals surface area contributed by atoms with Gasteiger partial charge in [0, 0.05) is 25.2 Å². The lowest BCUT2D eigenvalue weighted by atomic mass is 10.0. The van der Waals surface area contributed by atoms with E-state index in [0.29, 0.717) is 12.1 Å². The summed E-state index contributed by atoms with van der Waals surface area (Å²) in [6.45, 7) is 9.29. The van der Waals surface area contributed by atoms with Crippen LogP contribution in [0.25, 0.3) is 0 Å². The van der Waals surface area contributed by atoms with Gasteiger partial charge in [0.25, 0.3) is 5.91 Å². The van der Waals surface area contributed by atoms with Crippen LogP contribution in [0.15, 0.2) is 12.4 Å². The van der Waals surface area contributed by atoms with E-state index in [0.717, 1.165) is 13.0 Å². The Morgan fingerprint density at radius 3 is 2.68 bits per heavy atom. The number of carbonyl (C=O) groups excluding carboxylic acids is 1. The van der Waals surface area contributed by atoms with Gasteiger partial charge in [0.2, 0.25) is 0 Å². The molecule has 1 fully saturated rings. The molecule has 0 aromatic carbocycles. The van der Waals surface area contributed by atoms with Gasteiger partial charge in [-0.3, -0.25) is 9.48 Å². The highest BCUT2D eigenvalue weighted by Gasteiger charge is 2.30. The van der Waals surface area contributed by atoms with E-state index in [1.165, 1.54) is 0 Å². The molecule has 1 saturated heterocycles. The Balaban J connectivity index is 2.07. The number of likely N-dealkylation sites (tertiary alicyclic amines) is 1. The molecular formula is C14H23N3O2. The third-order valence-corrected chi connectivity index (χ3v) is 3.71. The average Bonchev–Trinajstić information content (AvgIpc) is 2.97. The summed E-state index contributed by atoms with van der Waals surface area (Å²) < 4.78 is 1.81. The van der Waals surface area contributed by atoms with E-state index in [4.69, 9.17) is 0 Å². The van der Waals surface area contributed by atoms with Crippen molar-refractivity contribution in [3.05, 3.63) is 18.0 Å². The third-order valence-electron chi connectivity index (χ3n) is 3.71. The zero-order valence-corrected chi connectivity index (χ0v) is 12.1. The monoisotopic (exact) mass is 265 g/mol. The van der Waals surface area contributed by atoms with Gasteiger partial charge in [0.1, 0.15) is 0 Å². The van der Waals surface area contributed by atoms with Crippen LogP contribution >= 0.6 is 0 Å². The summed E-state index contributed by atoms with van der Waals surface area (Å²) in [4.78, 5) is 14.2. The molecule has 1 aliphatic heterocycles. The standard InChI is InChI=1S/C14H23N3O2/c1-10(18)11-5-6-16(8-11)13(19)12-7-15-17(9-12)14(2,3)4/h7,9-11,18H,5-6,8H2,1-4H3. The van der Waals surface area contributed by atoms with Crippen molar-refractivity contribution in [3.63, 3.8) is 0 Å². The van der Waals surface area contributed by atoms with E-state index in [1.807, 2.05) is 25.5 Å². The lowest BCUT2D eigenvalue weighted by Gasteiger charge is -2.19. The molecule has 2 rings (SSSR count). The largest absolute Gasteiger partial charge is 0.393 e. The van der Waals surface area contributed by atoms with Crippen LogP contribution in [0.4, 0.5) is 0 Å². The second-order valence-corrected chi connectivity index (χ2v) is 6.38. The summed E-state index contributed by atoms with van der Waals surface area (Å²) in [5, 5.41) is 13.8. The van der Waals surface area contributed by atoms with Gasteiger partial charge in [-0.2, -0.15) is 5.10 Å². The number of amides is 1. The lowest BCUT2D eigenvalue weighted by molar-refractivity contribution is 0.0762. The first-order valence-electron chi connectivity index (χ1n) is 6.81. The molecule has 0 aliphatic carbocycles. The van der Waals surface area contributed by atoms with Crippen LogP contribution in [0.1, 0.15) is 44.5 Å². The molecule has 2 heterocycles. The van der Waals surface area contributed by atoms with Gasteiger partial charge >= 0.3 is 0 Å². The summed E-state index contributed by atoms with van der Waals surface area (Å²) in [5.41, 5.74) is 0.507. The van der Waals surface area contributed by atoms with Gasteiger partial charge < -0.3 is 10.0 Å². The van der Waals surface area contributed by atoms with Crippen molar-refractivity contribution in [1.29, 1.82) is 0 Å². The minimum absolute atomic E-state index is 0.0126. The number of rotatable bonds is 2. The number of hydrogen-bond donors (Lipinski definition) is 1. The maximum Gasteiger partial charge on any atom is 0.257 e. The fourth-order valence-corrected chi connectivity index (χ4v) is 2.35. The van der Waals surface area contributed by atoms with E-state index in [2.05, 4.69) is 5.10 Å². The number of carbonyl (C=O) groups is 1. The van der Waals surface area contributed by atoms with Crippen molar-refractivity contribution >= 4 is 5.91 Å². The topological polar surface area (TPSA) is 58.4 Å². The van der Waals surface area contributed by atoms with Crippen molar-refractivity contribution in [2.75, 3.05) is 13.1 Å². The number of nitrogens with zero attached hydrogens (tertiary/aromatic N) is 3. The summed E-state index contributed by atoms with van der Waals surface area (Å²) in [6, 6.07) is 0. The second kappa shape index (κ2) is 4.96. The van der Waals surface area contributed by atoms with Gasteiger partial charge in [-0.05, 0) is 34.1 Å². The molecule has 1 N–H and O–H groups in total. The molecule has 0 spiro atoms. The van der Waals surface area contributed by atoms with Crippen LogP contribution in [-0.4, -0.2) is 44.9 Å². The van der Waals surface area contributed by atoms with E-state index in [-0.39, 0.29) is 23.5 Å². The quantitative estimate of drug-likeness (QED) is 0.881. The lowest BCUT2D eigenvalue weighted by Crippen LogP contribution is -2.30. The highest BCUT2D eigenvalue weighted by Crippen LogP contribution is 2.22. The molecule has 0 saturated carbocycles. The van der Waals surface area contributed by atoms with Crippen molar-refractivity contribution in [2.45, 2.75) is 45.8 Å². The number of hydrogen-bond acceptors (Lipinski definition) is 3. The molecule has 106 valence electrons. The van der Waals surface area contributed by atoms with E-state index in [1.54, 1.807) is 24.2 Å². The van der Waals surface area contributed by atoms with Crippen molar-refractivity contribution in [2.24, 2.45) is 5.92 Å². The molecule has 5 nitrogen and oxygen atoms in total. The summed E-state index contributed by atoms with van der Waals surface area (Å²) >= 11 is 0. The van der Waals surface area contributed by atoms with Gasteiger partial charge in [-0.15, -0.1) is 0 Å². The Bertz CT molecular complexity index is 460. The molecule has 2 unspecified atom stereocenters. The maximum atomic E-state index is 12.3. The zero-order valence-electron chi connectivity index (χ0n) is 12.1. The first kappa shape index (κ1) is 14.1. The Hall–Kier alpha value is -1.36. The van der Waals surface area contributed by atoms with Gasteiger partial charge in [-0.25, -0.2) is 0 Å². The Morgan fingerprint density at radius 1 is 1.53 bits per heavy atom. The smallest absolute Gasteiger partial charge is 0.257 e. The van der Waals surface area contributed by atoms with Crippen LogP contribution in [0.2, 0.25) is 0 Å².